The lowest BCUT2D eigenvalue weighted by atomic mass is 10.1. The first-order valence-corrected chi connectivity index (χ1v) is 12.9. The molecule has 1 saturated heterocycles. The number of sulfonamides is 1. The lowest BCUT2D eigenvalue weighted by molar-refractivity contribution is 0.102. The minimum atomic E-state index is -3.47. The highest BCUT2D eigenvalue weighted by Crippen LogP contribution is 2.34. The summed E-state index contributed by atoms with van der Waals surface area (Å²) in [6.45, 7) is 5.02. The molecular formula is C26H27N3O5S. The van der Waals surface area contributed by atoms with Gasteiger partial charge in [0.25, 0.3) is 5.91 Å². The van der Waals surface area contributed by atoms with Crippen LogP contribution in [0.1, 0.15) is 21.5 Å². The summed E-state index contributed by atoms with van der Waals surface area (Å²) in [5.74, 6) is 1.08. The molecule has 2 heterocycles. The Hall–Kier alpha value is -3.40. The summed E-state index contributed by atoms with van der Waals surface area (Å²) in [4.78, 5) is 15.2. The first-order chi connectivity index (χ1) is 16.9. The lowest BCUT2D eigenvalue weighted by Crippen LogP contribution is -2.48. The number of nitrogens with one attached hydrogen (secondary N) is 1. The molecule has 0 aliphatic carbocycles. The van der Waals surface area contributed by atoms with E-state index in [-0.39, 0.29) is 12.7 Å². The Morgan fingerprint density at radius 2 is 1.57 bits per heavy atom. The molecule has 8 nitrogen and oxygen atoms in total. The van der Waals surface area contributed by atoms with E-state index in [1.165, 1.54) is 0 Å². The Bertz CT molecular complexity index is 1320. The molecule has 3 aromatic rings. The molecule has 0 spiro atoms. The van der Waals surface area contributed by atoms with Crippen molar-refractivity contribution in [1.82, 2.24) is 9.21 Å². The summed E-state index contributed by atoms with van der Waals surface area (Å²) in [6.07, 6.45) is 0. The molecule has 2 aliphatic rings. The number of carbonyl (C=O) groups is 1. The van der Waals surface area contributed by atoms with Gasteiger partial charge in [-0.15, -0.1) is 0 Å². The van der Waals surface area contributed by atoms with Crippen LogP contribution >= 0.6 is 0 Å². The number of hydrogen-bond donors (Lipinski definition) is 1. The van der Waals surface area contributed by atoms with Gasteiger partial charge in [0.1, 0.15) is 0 Å². The van der Waals surface area contributed by atoms with Gasteiger partial charge in [0.15, 0.2) is 11.5 Å². The monoisotopic (exact) mass is 493 g/mol. The number of carbonyl (C=O) groups excluding carboxylic acids is 1. The minimum absolute atomic E-state index is 0.186. The molecule has 1 fully saturated rings. The molecule has 182 valence electrons. The van der Waals surface area contributed by atoms with Gasteiger partial charge >= 0.3 is 0 Å². The van der Waals surface area contributed by atoms with Gasteiger partial charge in [-0.1, -0.05) is 29.8 Å². The van der Waals surface area contributed by atoms with Crippen molar-refractivity contribution >= 4 is 21.6 Å². The van der Waals surface area contributed by atoms with Gasteiger partial charge in [0.05, 0.1) is 4.90 Å². The van der Waals surface area contributed by atoms with E-state index in [0.29, 0.717) is 60.4 Å². The number of rotatable bonds is 6. The van der Waals surface area contributed by atoms with Crippen molar-refractivity contribution < 1.29 is 22.7 Å². The maximum atomic E-state index is 12.9. The highest BCUT2D eigenvalue weighted by Gasteiger charge is 2.28. The van der Waals surface area contributed by atoms with Gasteiger partial charge < -0.3 is 14.8 Å². The lowest BCUT2D eigenvalue weighted by Gasteiger charge is -2.34. The second kappa shape index (κ2) is 9.69. The summed E-state index contributed by atoms with van der Waals surface area (Å²) in [6, 6.07) is 19.7. The van der Waals surface area contributed by atoms with E-state index in [9.17, 15) is 13.2 Å². The zero-order chi connectivity index (χ0) is 24.4. The topological polar surface area (TPSA) is 88.2 Å². The van der Waals surface area contributed by atoms with Gasteiger partial charge in [0, 0.05) is 50.0 Å². The molecule has 3 aromatic carbocycles. The fourth-order valence-corrected chi connectivity index (χ4v) is 5.61. The molecule has 0 saturated carbocycles. The molecule has 5 rings (SSSR count). The van der Waals surface area contributed by atoms with Gasteiger partial charge in [-0.3, -0.25) is 9.69 Å². The first-order valence-electron chi connectivity index (χ1n) is 11.5. The predicted molar refractivity (Wildman–Crippen MR) is 132 cm³/mol. The number of nitrogens with zero attached hydrogens (tertiary/aromatic N) is 2. The third kappa shape index (κ3) is 5.17. The smallest absolute Gasteiger partial charge is 0.255 e. The molecule has 2 aliphatic heterocycles. The molecule has 0 unspecified atom stereocenters. The SMILES string of the molecule is Cc1ccc(S(=O)(=O)N2CCN(Cc3ccc(C(=O)Nc4ccc5c(c4)OCO5)cc3)CC2)cc1. The zero-order valence-corrected chi connectivity index (χ0v) is 20.3. The molecule has 0 atom stereocenters. The van der Waals surface area contributed by atoms with Gasteiger partial charge in [-0.05, 0) is 48.9 Å². The maximum absolute atomic E-state index is 12.9. The second-order valence-electron chi connectivity index (χ2n) is 8.71. The molecule has 35 heavy (non-hydrogen) atoms. The summed E-state index contributed by atoms with van der Waals surface area (Å²) in [5, 5.41) is 2.88. The van der Waals surface area contributed by atoms with E-state index in [4.69, 9.17) is 9.47 Å². The minimum Gasteiger partial charge on any atom is -0.454 e. The second-order valence-corrected chi connectivity index (χ2v) is 10.7. The third-order valence-corrected chi connectivity index (χ3v) is 8.16. The Morgan fingerprint density at radius 1 is 0.886 bits per heavy atom. The fourth-order valence-electron chi connectivity index (χ4n) is 4.18. The number of amides is 1. The average molecular weight is 494 g/mol. The van der Waals surface area contributed by atoms with E-state index >= 15 is 0 Å². The summed E-state index contributed by atoms with van der Waals surface area (Å²) < 4.78 is 38.0. The first kappa shape index (κ1) is 23.3. The van der Waals surface area contributed by atoms with Crippen molar-refractivity contribution in [1.29, 1.82) is 0 Å². The van der Waals surface area contributed by atoms with E-state index in [2.05, 4.69) is 10.2 Å². The fraction of sp³-hybridized carbons (Fsp3) is 0.269. The highest BCUT2D eigenvalue weighted by atomic mass is 32.2. The number of ether oxygens (including phenoxy) is 2. The molecule has 1 N–H and O–H groups in total. The van der Waals surface area contributed by atoms with E-state index in [1.54, 1.807) is 46.8 Å². The highest BCUT2D eigenvalue weighted by molar-refractivity contribution is 7.89. The standard InChI is InChI=1S/C26H27N3O5S/c1-19-2-9-23(10-3-19)35(31,32)29-14-12-28(13-15-29)17-20-4-6-21(7-5-20)26(30)27-22-8-11-24-25(16-22)34-18-33-24/h2-11,16H,12-15,17-18H2,1H3,(H,27,30). The molecule has 0 bridgehead atoms. The van der Waals surface area contributed by atoms with Crippen LogP contribution in [-0.2, 0) is 16.6 Å². The number of aryl methyl sites for hydroxylation is 1. The average Bonchev–Trinajstić information content (AvgIpc) is 3.33. The predicted octanol–water partition coefficient (Wildman–Crippen LogP) is 3.48. The van der Waals surface area contributed by atoms with Crippen LogP contribution in [0.25, 0.3) is 0 Å². The maximum Gasteiger partial charge on any atom is 0.255 e. The van der Waals surface area contributed by atoms with Gasteiger partial charge in [-0.2, -0.15) is 4.31 Å². The summed E-state index contributed by atoms with van der Waals surface area (Å²) in [7, 11) is -3.47. The molecule has 9 heteroatoms. The Labute approximate surface area is 205 Å². The normalized spacial score (nSPS) is 16.3. The quantitative estimate of drug-likeness (QED) is 0.566. The molecular weight excluding hydrogens is 466 g/mol. The van der Waals surface area contributed by atoms with Crippen LogP contribution in [-0.4, -0.2) is 56.5 Å². The largest absolute Gasteiger partial charge is 0.454 e. The molecule has 0 aromatic heterocycles. The van der Waals surface area contributed by atoms with Crippen LogP contribution in [0.15, 0.2) is 71.6 Å². The van der Waals surface area contributed by atoms with Crippen LogP contribution in [0.5, 0.6) is 11.5 Å². The Kier molecular flexibility index (Phi) is 6.46. The molecule has 0 radical (unpaired) electrons. The van der Waals surface area contributed by atoms with Crippen molar-refractivity contribution in [3.8, 4) is 11.5 Å². The van der Waals surface area contributed by atoms with Crippen molar-refractivity contribution in [3.05, 3.63) is 83.4 Å². The van der Waals surface area contributed by atoms with Crippen LogP contribution < -0.4 is 14.8 Å². The number of hydrogen-bond acceptors (Lipinski definition) is 6. The molecule has 1 amide bonds. The van der Waals surface area contributed by atoms with E-state index < -0.39 is 10.0 Å². The number of fused-ring (bicyclic) bond motifs is 1. The van der Waals surface area contributed by atoms with E-state index in [1.807, 2.05) is 31.2 Å². The van der Waals surface area contributed by atoms with Gasteiger partial charge in [0.2, 0.25) is 16.8 Å². The summed E-state index contributed by atoms with van der Waals surface area (Å²) >= 11 is 0. The Balaban J connectivity index is 1.15. The van der Waals surface area contributed by atoms with Crippen molar-refractivity contribution in [2.75, 3.05) is 38.3 Å². The van der Waals surface area contributed by atoms with Crippen LogP contribution in [0.2, 0.25) is 0 Å². The number of anilines is 1. The van der Waals surface area contributed by atoms with Crippen molar-refractivity contribution in [3.63, 3.8) is 0 Å². The van der Waals surface area contributed by atoms with Crippen LogP contribution in [0.3, 0.4) is 0 Å². The van der Waals surface area contributed by atoms with Crippen molar-refractivity contribution in [2.45, 2.75) is 18.4 Å². The Morgan fingerprint density at radius 3 is 2.29 bits per heavy atom. The third-order valence-electron chi connectivity index (χ3n) is 6.24. The number of benzene rings is 3. The van der Waals surface area contributed by atoms with Gasteiger partial charge in [-0.25, -0.2) is 8.42 Å². The van der Waals surface area contributed by atoms with Crippen LogP contribution in [0.4, 0.5) is 5.69 Å². The summed E-state index contributed by atoms with van der Waals surface area (Å²) in [5.41, 5.74) is 3.30. The van der Waals surface area contributed by atoms with E-state index in [0.717, 1.165) is 11.1 Å². The zero-order valence-electron chi connectivity index (χ0n) is 19.4. The van der Waals surface area contributed by atoms with Crippen molar-refractivity contribution in [2.24, 2.45) is 0 Å². The van der Waals surface area contributed by atoms with Crippen LogP contribution in [0, 0.1) is 6.92 Å². The number of piperazine rings is 1.